The smallest absolute Gasteiger partial charge is 0.0653 e. The molecular weight excluding hydrogens is 729 g/mol. The minimum Gasteiger partial charge on any atom is -0.310 e. The second kappa shape index (κ2) is 12.3. The van der Waals surface area contributed by atoms with Gasteiger partial charge in [-0.05, 0) is 110 Å². The zero-order chi connectivity index (χ0) is 41.4. The first-order valence-corrected chi connectivity index (χ1v) is 20.6. The topological polar surface area (TPSA) is 15.3 Å². The van der Waals surface area contributed by atoms with Crippen molar-refractivity contribution >= 4 is 110 Å². The van der Waals surface area contributed by atoms with E-state index < -0.39 is 0 Å². The van der Waals surface area contributed by atoms with Gasteiger partial charge in [-0.15, -0.1) is 0 Å². The van der Waals surface area contributed by atoms with Crippen LogP contribution in [0.15, 0.2) is 194 Å². The fourth-order valence-corrected chi connectivity index (χ4v) is 10.1. The van der Waals surface area contributed by atoms with Crippen LogP contribution in [-0.4, -0.2) is 8.80 Å². The predicted octanol–water partition coefficient (Wildman–Crippen LogP) is 15.5. The van der Waals surface area contributed by atoms with Crippen molar-refractivity contribution in [2.75, 3.05) is 9.80 Å². The summed E-state index contributed by atoms with van der Waals surface area (Å²) in [6, 6.07) is 65.3. The Morgan fingerprint density at radius 1 is 0.350 bits per heavy atom. The van der Waals surface area contributed by atoms with Crippen LogP contribution >= 0.6 is 0 Å². The maximum Gasteiger partial charge on any atom is 0.0653 e. The van der Waals surface area contributed by atoms with E-state index in [9.17, 15) is 2.74 Å². The molecule has 0 aliphatic carbocycles. The Morgan fingerprint density at radius 3 is 1.18 bits per heavy atom. The standard InChI is InChI=1S/C56H38N4/c1-35-15-13-21-39(31-35)57(37-17-5-3-6-18-37)49-29-27-41-45-33-52-46(34-51(45)59-47-25-11-9-23-43(47)53(49)55(41)59)42-28-30-50(54-44-24-10-12-26-48(44)60(52)56(42)54)58(38-19-7-4-8-20-38)40-22-14-16-36(2)32-40/h3-34H,1-2H3/i33D,34D. The molecule has 0 radical (unpaired) electrons. The van der Waals surface area contributed by atoms with Gasteiger partial charge in [-0.25, -0.2) is 0 Å². The molecule has 4 heterocycles. The van der Waals surface area contributed by atoms with Crippen molar-refractivity contribution in [1.29, 1.82) is 0 Å². The maximum atomic E-state index is 10.4. The minimum atomic E-state index is 0.436. The number of benzene rings is 9. The molecule has 0 aliphatic heterocycles. The zero-order valence-corrected chi connectivity index (χ0v) is 33.1. The molecule has 0 amide bonds. The molecule has 60 heavy (non-hydrogen) atoms. The summed E-state index contributed by atoms with van der Waals surface area (Å²) in [5.41, 5.74) is 14.4. The summed E-state index contributed by atoms with van der Waals surface area (Å²) in [5, 5.41) is 8.01. The molecule has 0 fully saturated rings. The van der Waals surface area contributed by atoms with E-state index in [0.29, 0.717) is 12.1 Å². The van der Waals surface area contributed by atoms with Gasteiger partial charge in [0, 0.05) is 65.8 Å². The van der Waals surface area contributed by atoms with Crippen LogP contribution in [0, 0.1) is 13.8 Å². The van der Waals surface area contributed by atoms with Gasteiger partial charge in [0.1, 0.15) is 0 Å². The minimum absolute atomic E-state index is 0.436. The van der Waals surface area contributed by atoms with Gasteiger partial charge in [0.25, 0.3) is 0 Å². The Labute approximate surface area is 349 Å². The Hall–Kier alpha value is -7.82. The zero-order valence-electron chi connectivity index (χ0n) is 35.1. The van der Waals surface area contributed by atoms with E-state index >= 15 is 0 Å². The maximum absolute atomic E-state index is 10.4. The van der Waals surface area contributed by atoms with Crippen LogP contribution in [0.4, 0.5) is 34.1 Å². The molecular formula is C56H38N4. The third kappa shape index (κ3) is 4.50. The lowest BCUT2D eigenvalue weighted by Gasteiger charge is -2.26. The van der Waals surface area contributed by atoms with Crippen molar-refractivity contribution in [1.82, 2.24) is 8.80 Å². The number of nitrogens with zero attached hydrogens (tertiary/aromatic N) is 4. The SMILES string of the molecule is [2H]c1c2c3ccc(N(c4ccccc4)c4cccc(C)c4)c4c5ccccc5n(c2c([2H])c2c5ccc(N(c6ccccc6)c6cccc(C)c6)c6c7ccccc7n(c12)c56)c34. The lowest BCUT2D eigenvalue weighted by atomic mass is 10.0. The molecule has 0 spiro atoms. The number of anilines is 6. The lowest BCUT2D eigenvalue weighted by molar-refractivity contribution is 1.28. The lowest BCUT2D eigenvalue weighted by Crippen LogP contribution is -2.10. The monoisotopic (exact) mass is 768 g/mol. The molecule has 0 N–H and O–H groups in total. The number of hydrogen-bond acceptors (Lipinski definition) is 2. The fraction of sp³-hybridized carbons (Fsp3) is 0.0357. The van der Waals surface area contributed by atoms with Gasteiger partial charge in [-0.3, -0.25) is 0 Å². The van der Waals surface area contributed by atoms with E-state index in [1.54, 1.807) is 0 Å². The number of hydrogen-bond donors (Lipinski definition) is 0. The number of fused-ring (bicyclic) bond motifs is 12. The average Bonchev–Trinajstić information content (AvgIpc) is 4.04. The first-order valence-electron chi connectivity index (χ1n) is 21.6. The second-order valence-electron chi connectivity index (χ2n) is 16.1. The molecule has 4 nitrogen and oxygen atoms in total. The van der Waals surface area contributed by atoms with Crippen LogP contribution in [0.25, 0.3) is 76.2 Å². The van der Waals surface area contributed by atoms with E-state index in [1.807, 2.05) is 0 Å². The van der Waals surface area contributed by atoms with E-state index in [1.165, 1.54) is 11.1 Å². The summed E-state index contributed by atoms with van der Waals surface area (Å²) in [7, 11) is 0. The Balaban J connectivity index is 1.17. The van der Waals surface area contributed by atoms with E-state index in [0.717, 1.165) is 110 Å². The summed E-state index contributed by atoms with van der Waals surface area (Å²) in [5.74, 6) is 0. The largest absolute Gasteiger partial charge is 0.310 e. The average molecular weight is 769 g/mol. The number of aryl methyl sites for hydroxylation is 2. The van der Waals surface area contributed by atoms with Crippen molar-refractivity contribution < 1.29 is 2.74 Å². The van der Waals surface area contributed by atoms with Gasteiger partial charge in [-0.2, -0.15) is 0 Å². The molecule has 0 saturated carbocycles. The van der Waals surface area contributed by atoms with Gasteiger partial charge >= 0.3 is 0 Å². The molecule has 0 saturated heterocycles. The van der Waals surface area contributed by atoms with Crippen molar-refractivity contribution in [3.8, 4) is 0 Å². The molecule has 4 heteroatoms. The normalized spacial score (nSPS) is 12.6. The van der Waals surface area contributed by atoms with Crippen LogP contribution < -0.4 is 9.80 Å². The van der Waals surface area contributed by atoms with Crippen molar-refractivity contribution in [2.45, 2.75) is 13.8 Å². The van der Waals surface area contributed by atoms with Crippen molar-refractivity contribution in [3.05, 3.63) is 205 Å². The third-order valence-corrected chi connectivity index (χ3v) is 12.6. The van der Waals surface area contributed by atoms with Crippen LogP contribution in [0.3, 0.4) is 0 Å². The summed E-state index contributed by atoms with van der Waals surface area (Å²) in [6.07, 6.45) is 0. The molecule has 0 bridgehead atoms. The Kier molecular flexibility index (Phi) is 6.42. The summed E-state index contributed by atoms with van der Waals surface area (Å²) >= 11 is 0. The molecule has 0 aliphatic rings. The summed E-state index contributed by atoms with van der Waals surface area (Å²) < 4.78 is 25.3. The quantitative estimate of drug-likeness (QED) is 0.167. The molecule has 282 valence electrons. The first kappa shape index (κ1) is 31.2. The highest BCUT2D eigenvalue weighted by molar-refractivity contribution is 6.32. The van der Waals surface area contributed by atoms with Crippen molar-refractivity contribution in [2.24, 2.45) is 0 Å². The molecule has 0 atom stereocenters. The highest BCUT2D eigenvalue weighted by Crippen LogP contribution is 2.51. The van der Waals surface area contributed by atoms with Gasteiger partial charge in [0.05, 0.1) is 47.2 Å². The highest BCUT2D eigenvalue weighted by atomic mass is 15.2. The number of rotatable bonds is 6. The fourth-order valence-electron chi connectivity index (χ4n) is 10.1. The van der Waals surface area contributed by atoms with E-state index in [4.69, 9.17) is 0 Å². The van der Waals surface area contributed by atoms with Gasteiger partial charge < -0.3 is 18.6 Å². The van der Waals surface area contributed by atoms with Crippen LogP contribution in [0.5, 0.6) is 0 Å². The second-order valence-corrected chi connectivity index (χ2v) is 16.1. The van der Waals surface area contributed by atoms with E-state index in [-0.39, 0.29) is 0 Å². The number of para-hydroxylation sites is 4. The molecule has 13 aromatic rings. The van der Waals surface area contributed by atoms with Crippen LogP contribution in [-0.2, 0) is 0 Å². The molecule has 0 unspecified atom stereocenters. The third-order valence-electron chi connectivity index (χ3n) is 12.6. The molecule has 9 aromatic carbocycles. The molecule has 4 aromatic heterocycles. The van der Waals surface area contributed by atoms with E-state index in [2.05, 4.69) is 214 Å². The number of aromatic nitrogens is 2. The van der Waals surface area contributed by atoms with Crippen LogP contribution in [0.2, 0.25) is 0 Å². The van der Waals surface area contributed by atoms with Crippen LogP contribution in [0.1, 0.15) is 13.9 Å². The first-order chi connectivity index (χ1) is 30.5. The van der Waals surface area contributed by atoms with Crippen molar-refractivity contribution in [3.63, 3.8) is 0 Å². The summed E-state index contributed by atoms with van der Waals surface area (Å²) in [6.45, 7) is 4.27. The van der Waals surface area contributed by atoms with Gasteiger partial charge in [-0.1, -0.05) is 109 Å². The summed E-state index contributed by atoms with van der Waals surface area (Å²) in [4.78, 5) is 4.70. The Morgan fingerprint density at radius 2 is 0.750 bits per heavy atom. The van der Waals surface area contributed by atoms with Gasteiger partial charge in [0.15, 0.2) is 0 Å². The highest BCUT2D eigenvalue weighted by Gasteiger charge is 2.27. The van der Waals surface area contributed by atoms with Gasteiger partial charge in [0.2, 0.25) is 0 Å². The molecule has 13 rings (SSSR count). The Bertz CT molecular complexity index is 3670. The predicted molar refractivity (Wildman–Crippen MR) is 255 cm³/mol.